The molecule has 5 heteroatoms. The van der Waals surface area contributed by atoms with E-state index < -0.39 is 0 Å². The van der Waals surface area contributed by atoms with Crippen LogP contribution in [0.25, 0.3) is 93.6 Å². The van der Waals surface area contributed by atoms with E-state index in [1.165, 1.54) is 32.6 Å². The largest absolute Gasteiger partial charge is 0.309 e. The normalized spacial score (nSPS) is 11.6. The molecule has 0 saturated heterocycles. The average molecular weight is 700 g/mol. The second-order valence-electron chi connectivity index (χ2n) is 14.0. The Morgan fingerprint density at radius 1 is 0.345 bits per heavy atom. The minimum absolute atomic E-state index is 0.587. The molecular weight excluding hydrogens is 671 g/mol. The first-order valence-electron chi connectivity index (χ1n) is 18.3. The maximum atomic E-state index is 10.1. The van der Waals surface area contributed by atoms with Gasteiger partial charge in [-0.05, 0) is 90.5 Å². The van der Waals surface area contributed by atoms with Gasteiger partial charge in [0.05, 0.1) is 67.7 Å². The first-order chi connectivity index (χ1) is 27.2. The van der Waals surface area contributed by atoms with E-state index in [2.05, 4.69) is 153 Å². The number of benzene rings is 8. The molecule has 11 aromatic rings. The van der Waals surface area contributed by atoms with Crippen LogP contribution in [0.4, 0.5) is 0 Å². The van der Waals surface area contributed by atoms with Crippen LogP contribution < -0.4 is 0 Å². The van der Waals surface area contributed by atoms with Crippen molar-refractivity contribution in [3.63, 3.8) is 0 Å². The smallest absolute Gasteiger partial charge is 0.0991 e. The minimum atomic E-state index is 0.587. The first kappa shape index (κ1) is 30.7. The number of fused-ring (bicyclic) bond motifs is 9. The van der Waals surface area contributed by atoms with Crippen molar-refractivity contribution in [2.75, 3.05) is 0 Å². The van der Waals surface area contributed by atoms with E-state index in [9.17, 15) is 10.5 Å². The highest BCUT2D eigenvalue weighted by molar-refractivity contribution is 6.16. The second-order valence-corrected chi connectivity index (χ2v) is 14.0. The van der Waals surface area contributed by atoms with Gasteiger partial charge in [0.15, 0.2) is 0 Å². The van der Waals surface area contributed by atoms with E-state index in [1.807, 2.05) is 48.5 Å². The molecule has 0 aliphatic rings. The van der Waals surface area contributed by atoms with E-state index in [0.717, 1.165) is 61.0 Å². The number of hydrogen-bond donors (Lipinski definition) is 0. The van der Waals surface area contributed by atoms with Crippen LogP contribution in [0.1, 0.15) is 11.1 Å². The van der Waals surface area contributed by atoms with Gasteiger partial charge in [0, 0.05) is 43.6 Å². The van der Waals surface area contributed by atoms with Gasteiger partial charge in [-0.1, -0.05) is 91.0 Å². The molecule has 0 atom stereocenters. The van der Waals surface area contributed by atoms with Crippen LogP contribution in [0.5, 0.6) is 0 Å². The zero-order valence-electron chi connectivity index (χ0n) is 29.5. The maximum absolute atomic E-state index is 10.1. The topological polar surface area (TPSA) is 62.4 Å². The van der Waals surface area contributed by atoms with Gasteiger partial charge in [0.25, 0.3) is 0 Å². The standard InChI is InChI=1S/C50H29N5/c51-30-32-23-25-46(54-44-19-7-3-15-38(44)41-28-33(31-52)24-26-47(41)54)40(27-32)34-11-9-12-35(29-34)53-45-20-8-4-16-39(45)50-48(53)21-10-22-49(50)55-42-17-5-1-13-36(42)37-14-2-6-18-43(37)55/h1-29H. The predicted molar refractivity (Wildman–Crippen MR) is 224 cm³/mol. The highest BCUT2D eigenvalue weighted by Crippen LogP contribution is 2.41. The van der Waals surface area contributed by atoms with Crippen molar-refractivity contribution >= 4 is 65.4 Å². The molecule has 0 saturated carbocycles. The number of rotatable bonds is 4. The lowest BCUT2D eigenvalue weighted by molar-refractivity contribution is 1.16. The SMILES string of the molecule is N#Cc1ccc(-n2c3ccccc3c3cc(C#N)ccc32)c(-c2cccc(-n3c4ccccc4c4c(-n5c6ccccc6c6ccccc65)cccc43)c2)c1. The van der Waals surface area contributed by atoms with Crippen LogP contribution >= 0.6 is 0 Å². The molecule has 3 aromatic heterocycles. The summed E-state index contributed by atoms with van der Waals surface area (Å²) in [5.74, 6) is 0. The Bertz CT molecular complexity index is 3420. The summed E-state index contributed by atoms with van der Waals surface area (Å²) < 4.78 is 7.03. The second kappa shape index (κ2) is 11.8. The van der Waals surface area contributed by atoms with Crippen molar-refractivity contribution < 1.29 is 0 Å². The summed E-state index contributed by atoms with van der Waals surface area (Å²) in [6.07, 6.45) is 0. The van der Waals surface area contributed by atoms with Crippen LogP contribution in [0.15, 0.2) is 176 Å². The van der Waals surface area contributed by atoms with Crippen LogP contribution in [-0.2, 0) is 0 Å². The molecular formula is C50H29N5. The van der Waals surface area contributed by atoms with Crippen molar-refractivity contribution in [2.45, 2.75) is 0 Å². The molecule has 5 nitrogen and oxygen atoms in total. The van der Waals surface area contributed by atoms with E-state index in [1.54, 1.807) is 0 Å². The average Bonchev–Trinajstić information content (AvgIpc) is 3.89. The number of hydrogen-bond acceptors (Lipinski definition) is 2. The Labute approximate surface area is 316 Å². The highest BCUT2D eigenvalue weighted by Gasteiger charge is 2.21. The van der Waals surface area contributed by atoms with Crippen LogP contribution in [0.3, 0.4) is 0 Å². The summed E-state index contributed by atoms with van der Waals surface area (Å²) in [5.41, 5.74) is 12.9. The predicted octanol–water partition coefficient (Wildman–Crippen LogP) is 12.4. The highest BCUT2D eigenvalue weighted by atomic mass is 15.0. The number of aromatic nitrogens is 3. The van der Waals surface area contributed by atoms with E-state index in [0.29, 0.717) is 11.1 Å². The van der Waals surface area contributed by atoms with Gasteiger partial charge in [-0.2, -0.15) is 10.5 Å². The van der Waals surface area contributed by atoms with E-state index in [4.69, 9.17) is 0 Å². The van der Waals surface area contributed by atoms with Gasteiger partial charge < -0.3 is 13.7 Å². The molecule has 0 bridgehead atoms. The van der Waals surface area contributed by atoms with Crippen molar-refractivity contribution in [1.29, 1.82) is 10.5 Å². The molecule has 0 unspecified atom stereocenters. The summed E-state index contributed by atoms with van der Waals surface area (Å²) >= 11 is 0. The molecule has 55 heavy (non-hydrogen) atoms. The zero-order valence-corrected chi connectivity index (χ0v) is 29.5. The van der Waals surface area contributed by atoms with Crippen molar-refractivity contribution in [1.82, 2.24) is 13.7 Å². The molecule has 0 radical (unpaired) electrons. The summed E-state index contributed by atoms with van der Waals surface area (Å²) in [6.45, 7) is 0. The molecule has 3 heterocycles. The summed E-state index contributed by atoms with van der Waals surface area (Å²) in [6, 6.07) is 66.0. The first-order valence-corrected chi connectivity index (χ1v) is 18.3. The minimum Gasteiger partial charge on any atom is -0.309 e. The lowest BCUT2D eigenvalue weighted by atomic mass is 10.00. The fourth-order valence-electron chi connectivity index (χ4n) is 8.79. The Morgan fingerprint density at radius 3 is 1.53 bits per heavy atom. The summed E-state index contributed by atoms with van der Waals surface area (Å²) in [4.78, 5) is 0. The molecule has 0 N–H and O–H groups in total. The monoisotopic (exact) mass is 699 g/mol. The van der Waals surface area contributed by atoms with Crippen LogP contribution in [0.2, 0.25) is 0 Å². The lowest BCUT2D eigenvalue weighted by Gasteiger charge is -2.16. The third-order valence-corrected chi connectivity index (χ3v) is 11.1. The van der Waals surface area contributed by atoms with Crippen LogP contribution in [-0.4, -0.2) is 13.7 Å². The van der Waals surface area contributed by atoms with Crippen LogP contribution in [0, 0.1) is 22.7 Å². The van der Waals surface area contributed by atoms with Gasteiger partial charge in [-0.25, -0.2) is 0 Å². The molecule has 0 aliphatic carbocycles. The maximum Gasteiger partial charge on any atom is 0.0991 e. The van der Waals surface area contributed by atoms with Gasteiger partial charge in [0.1, 0.15) is 0 Å². The summed E-state index contributed by atoms with van der Waals surface area (Å²) in [7, 11) is 0. The Balaban J connectivity index is 1.17. The van der Waals surface area contributed by atoms with E-state index in [-0.39, 0.29) is 0 Å². The summed E-state index contributed by atoms with van der Waals surface area (Å²) in [5, 5.41) is 26.8. The van der Waals surface area contributed by atoms with Crippen molar-refractivity contribution in [3.05, 3.63) is 187 Å². The van der Waals surface area contributed by atoms with Crippen molar-refractivity contribution in [3.8, 4) is 40.3 Å². The Kier molecular flexibility index (Phi) is 6.61. The number of nitriles is 2. The fourth-order valence-corrected chi connectivity index (χ4v) is 8.79. The molecule has 8 aromatic carbocycles. The molecule has 11 rings (SSSR count). The molecule has 0 fully saturated rings. The van der Waals surface area contributed by atoms with Gasteiger partial charge in [-0.3, -0.25) is 0 Å². The van der Waals surface area contributed by atoms with Gasteiger partial charge in [-0.15, -0.1) is 0 Å². The molecule has 0 amide bonds. The van der Waals surface area contributed by atoms with E-state index >= 15 is 0 Å². The number of para-hydroxylation sites is 4. The number of nitrogens with zero attached hydrogens (tertiary/aromatic N) is 5. The van der Waals surface area contributed by atoms with Gasteiger partial charge in [0.2, 0.25) is 0 Å². The van der Waals surface area contributed by atoms with Crippen molar-refractivity contribution in [2.24, 2.45) is 0 Å². The molecule has 0 aliphatic heterocycles. The Morgan fingerprint density at radius 2 is 0.855 bits per heavy atom. The zero-order chi connectivity index (χ0) is 36.6. The Hall–Kier alpha value is -7.86. The molecule has 254 valence electrons. The third-order valence-electron chi connectivity index (χ3n) is 11.1. The third kappa shape index (κ3) is 4.45. The van der Waals surface area contributed by atoms with Gasteiger partial charge >= 0.3 is 0 Å². The lowest BCUT2D eigenvalue weighted by Crippen LogP contribution is -1.99. The molecule has 0 spiro atoms. The fraction of sp³-hybridized carbons (Fsp3) is 0. The quantitative estimate of drug-likeness (QED) is 0.184.